The summed E-state index contributed by atoms with van der Waals surface area (Å²) in [6.45, 7) is 0. The SMILES string of the molecule is C1=Cc2cc3[nH]c(c(-c4ccccc4)c4nc(cc5ccc(cc1n2)[nH]5)C=C4c1ccccc1)c(-c1ccccc1)c3-c1ccccc1.[H-].[Li+]. The number of aromatic amines is 2. The molecule has 9 rings (SSSR count). The van der Waals surface area contributed by atoms with Gasteiger partial charge in [-0.25, -0.2) is 9.97 Å². The zero-order chi connectivity index (χ0) is 31.9. The molecule has 0 aliphatic carbocycles. The average molecular weight is 623 g/mol. The van der Waals surface area contributed by atoms with Crippen LogP contribution in [0, 0.1) is 0 Å². The van der Waals surface area contributed by atoms with E-state index in [1.54, 1.807) is 0 Å². The molecule has 2 aliphatic heterocycles. The van der Waals surface area contributed by atoms with Gasteiger partial charge in [0.05, 0.1) is 28.3 Å². The zero-order valence-electron chi connectivity index (χ0n) is 28.1. The van der Waals surface area contributed by atoms with Crippen LogP contribution < -0.4 is 18.9 Å². The fourth-order valence-corrected chi connectivity index (χ4v) is 6.78. The van der Waals surface area contributed by atoms with Gasteiger partial charge in [0.15, 0.2) is 0 Å². The van der Waals surface area contributed by atoms with Gasteiger partial charge < -0.3 is 11.4 Å². The molecule has 0 saturated heterocycles. The van der Waals surface area contributed by atoms with Crippen LogP contribution in [0.1, 0.15) is 29.8 Å². The van der Waals surface area contributed by atoms with Crippen LogP contribution in [0.4, 0.5) is 0 Å². The summed E-state index contributed by atoms with van der Waals surface area (Å²) >= 11 is 0. The number of fused-ring (bicyclic) bond motifs is 8. The molecule has 7 aromatic rings. The summed E-state index contributed by atoms with van der Waals surface area (Å²) in [5.41, 5.74) is 16.3. The second-order valence-corrected chi connectivity index (χ2v) is 12.0. The van der Waals surface area contributed by atoms with Crippen molar-refractivity contribution in [1.29, 1.82) is 0 Å². The van der Waals surface area contributed by atoms with Gasteiger partial charge in [-0.1, -0.05) is 121 Å². The molecule has 228 valence electrons. The van der Waals surface area contributed by atoms with Crippen molar-refractivity contribution in [2.45, 2.75) is 0 Å². The topological polar surface area (TPSA) is 57.4 Å². The molecule has 0 fully saturated rings. The summed E-state index contributed by atoms with van der Waals surface area (Å²) in [7, 11) is 0. The molecule has 8 bridgehead atoms. The number of benzene rings is 4. The fraction of sp³-hybridized carbons (Fsp3) is 0. The van der Waals surface area contributed by atoms with Crippen LogP contribution in [0.5, 0.6) is 0 Å². The van der Waals surface area contributed by atoms with Crippen molar-refractivity contribution >= 4 is 45.9 Å². The van der Waals surface area contributed by atoms with E-state index in [1.807, 2.05) is 0 Å². The third kappa shape index (κ3) is 5.79. The van der Waals surface area contributed by atoms with Gasteiger partial charge in [0.1, 0.15) is 0 Å². The molecule has 2 aliphatic rings. The molecule has 0 atom stereocenters. The summed E-state index contributed by atoms with van der Waals surface area (Å²) in [6, 6.07) is 53.0. The van der Waals surface area contributed by atoms with E-state index in [1.165, 1.54) is 0 Å². The number of rotatable bonds is 4. The Morgan fingerprint density at radius 2 is 0.918 bits per heavy atom. The van der Waals surface area contributed by atoms with Crippen LogP contribution in [0.2, 0.25) is 0 Å². The molecule has 0 amide bonds. The van der Waals surface area contributed by atoms with Crippen molar-refractivity contribution in [1.82, 2.24) is 19.9 Å². The second-order valence-electron chi connectivity index (χ2n) is 12.0. The third-order valence-corrected chi connectivity index (χ3v) is 8.89. The quantitative estimate of drug-likeness (QED) is 0.195. The first-order chi connectivity index (χ1) is 23.8. The van der Waals surface area contributed by atoms with E-state index in [2.05, 4.69) is 180 Å². The van der Waals surface area contributed by atoms with Gasteiger partial charge in [-0.3, -0.25) is 0 Å². The summed E-state index contributed by atoms with van der Waals surface area (Å²) in [5.74, 6) is 0. The molecule has 4 aromatic carbocycles. The van der Waals surface area contributed by atoms with E-state index < -0.39 is 0 Å². The normalized spacial score (nSPS) is 12.0. The zero-order valence-corrected chi connectivity index (χ0v) is 27.1. The Labute approximate surface area is 298 Å². The summed E-state index contributed by atoms with van der Waals surface area (Å²) in [6.07, 6.45) is 6.35. The van der Waals surface area contributed by atoms with Crippen molar-refractivity contribution in [3.05, 3.63) is 180 Å². The van der Waals surface area contributed by atoms with Crippen molar-refractivity contribution in [2.75, 3.05) is 0 Å². The Morgan fingerprint density at radius 3 is 1.51 bits per heavy atom. The monoisotopic (exact) mass is 622 g/mol. The first-order valence-corrected chi connectivity index (χ1v) is 16.2. The van der Waals surface area contributed by atoms with Gasteiger partial charge >= 0.3 is 18.9 Å². The maximum absolute atomic E-state index is 5.42. The van der Waals surface area contributed by atoms with Gasteiger partial charge in [-0.2, -0.15) is 0 Å². The molecule has 0 unspecified atom stereocenters. The standard InChI is InChI=1S/C44H30N4.Li.H/c1-5-13-29(14-6-1)38-27-37-26-35-22-21-33(45-35)25-34-23-24-36(46-34)28-39-40(30-15-7-2-8-16-30)41(31-17-9-3-10-18-31)44(48-39)42(43(38)47-37)32-19-11-4-12-20-32;;/h1-28,45,48H;;/q;+1;-1. The van der Waals surface area contributed by atoms with Gasteiger partial charge in [0, 0.05) is 38.8 Å². The number of aromatic nitrogens is 4. The Kier molecular flexibility index (Phi) is 8.03. The predicted octanol–water partition coefficient (Wildman–Crippen LogP) is 8.19. The maximum atomic E-state index is 5.42. The van der Waals surface area contributed by atoms with Crippen LogP contribution in [-0.4, -0.2) is 19.9 Å². The van der Waals surface area contributed by atoms with Gasteiger partial charge in [0.2, 0.25) is 0 Å². The molecule has 0 radical (unpaired) electrons. The first kappa shape index (κ1) is 30.4. The van der Waals surface area contributed by atoms with Gasteiger partial charge in [-0.05, 0) is 70.8 Å². The molecular formula is C44H31LiN4. The minimum atomic E-state index is 0. The van der Waals surface area contributed by atoms with Gasteiger partial charge in [0.25, 0.3) is 0 Å². The van der Waals surface area contributed by atoms with Crippen LogP contribution in [0.3, 0.4) is 0 Å². The molecule has 0 saturated carbocycles. The van der Waals surface area contributed by atoms with E-state index in [9.17, 15) is 0 Å². The molecule has 5 heteroatoms. The van der Waals surface area contributed by atoms with Crippen molar-refractivity contribution in [3.8, 4) is 33.4 Å². The van der Waals surface area contributed by atoms with Crippen LogP contribution in [0.25, 0.3) is 79.2 Å². The molecular weight excluding hydrogens is 591 g/mol. The second kappa shape index (κ2) is 12.9. The van der Waals surface area contributed by atoms with E-state index in [0.717, 1.165) is 89.4 Å². The molecule has 4 nitrogen and oxygen atoms in total. The number of H-pyrrole nitrogens is 2. The first-order valence-electron chi connectivity index (χ1n) is 16.2. The number of nitrogens with one attached hydrogen (secondary N) is 2. The predicted molar refractivity (Wildman–Crippen MR) is 201 cm³/mol. The van der Waals surface area contributed by atoms with Crippen molar-refractivity contribution in [2.24, 2.45) is 0 Å². The van der Waals surface area contributed by atoms with Crippen molar-refractivity contribution < 1.29 is 20.3 Å². The third-order valence-electron chi connectivity index (χ3n) is 8.89. The van der Waals surface area contributed by atoms with Crippen LogP contribution in [0.15, 0.2) is 152 Å². The minimum Gasteiger partial charge on any atom is -1.00 e. The molecule has 49 heavy (non-hydrogen) atoms. The Morgan fingerprint density at radius 1 is 0.429 bits per heavy atom. The van der Waals surface area contributed by atoms with E-state index in [-0.39, 0.29) is 20.3 Å². The summed E-state index contributed by atoms with van der Waals surface area (Å²) in [4.78, 5) is 17.9. The smallest absolute Gasteiger partial charge is 1.00 e. The molecule has 5 heterocycles. The number of nitrogens with zero attached hydrogens (tertiary/aromatic N) is 2. The number of hydrogen-bond donors (Lipinski definition) is 2. The van der Waals surface area contributed by atoms with Crippen LogP contribution >= 0.6 is 0 Å². The minimum absolute atomic E-state index is 0. The Bertz CT molecular complexity index is 2540. The Hall–Kier alpha value is -5.92. The fourth-order valence-electron chi connectivity index (χ4n) is 6.78. The average Bonchev–Trinajstić information content (AvgIpc) is 3.94. The van der Waals surface area contributed by atoms with Gasteiger partial charge in [-0.15, -0.1) is 0 Å². The molecule has 2 N–H and O–H groups in total. The van der Waals surface area contributed by atoms with E-state index >= 15 is 0 Å². The number of hydrogen-bond acceptors (Lipinski definition) is 2. The largest absolute Gasteiger partial charge is 1.00 e. The van der Waals surface area contributed by atoms with E-state index in [4.69, 9.17) is 9.97 Å². The molecule has 3 aromatic heterocycles. The van der Waals surface area contributed by atoms with E-state index in [0.29, 0.717) is 0 Å². The Balaban J connectivity index is 0.00000196. The maximum Gasteiger partial charge on any atom is 1.00 e. The summed E-state index contributed by atoms with van der Waals surface area (Å²) in [5, 5.41) is 0. The van der Waals surface area contributed by atoms with Crippen molar-refractivity contribution in [3.63, 3.8) is 0 Å². The summed E-state index contributed by atoms with van der Waals surface area (Å²) < 4.78 is 0. The van der Waals surface area contributed by atoms with Crippen LogP contribution in [-0.2, 0) is 0 Å². The molecule has 0 spiro atoms.